The first-order valence-electron chi connectivity index (χ1n) is 13.7. The molecule has 0 fully saturated rings. The Bertz CT molecular complexity index is 1070. The van der Waals surface area contributed by atoms with Crippen LogP contribution in [0.4, 0.5) is 0 Å². The van der Waals surface area contributed by atoms with Crippen molar-refractivity contribution in [3.8, 4) is 5.75 Å². The maximum atomic E-state index is 13.5. The molecule has 1 heterocycles. The minimum Gasteiger partial charge on any atom is -0.508 e. The zero-order valence-electron chi connectivity index (χ0n) is 22.8. The van der Waals surface area contributed by atoms with Gasteiger partial charge in [-0.25, -0.2) is 0 Å². The molecule has 206 valence electrons. The highest BCUT2D eigenvalue weighted by Crippen LogP contribution is 2.14. The van der Waals surface area contributed by atoms with Crippen molar-refractivity contribution in [2.75, 3.05) is 13.1 Å². The van der Waals surface area contributed by atoms with Gasteiger partial charge in [0.15, 0.2) is 0 Å². The van der Waals surface area contributed by atoms with Crippen molar-refractivity contribution in [3.63, 3.8) is 0 Å². The normalized spacial score (nSPS) is 22.1. The molecule has 2 aromatic rings. The lowest BCUT2D eigenvalue weighted by atomic mass is 9.99. The summed E-state index contributed by atoms with van der Waals surface area (Å²) >= 11 is 0. The minimum atomic E-state index is -0.779. The standard InChI is InChI=1S/C30H42N4O4/c1-4-8-25-28(36)32-18-16-23-10-6-5-9-22(23)11-7-17-31-26(19-21-12-14-24(35)15-13-21)29(37)34-27(20(2)3)30(38)33-25/h5-6,9-10,12-15,20,25-27,31,35H,4,7-8,11,16-19H2,1-3H3,(H,32,36)(H,33,38)(H,34,37)/t25-,26+,27+/m0/s1. The van der Waals surface area contributed by atoms with Crippen molar-refractivity contribution in [1.29, 1.82) is 0 Å². The van der Waals surface area contributed by atoms with Gasteiger partial charge in [0.2, 0.25) is 17.7 Å². The number of phenols is 1. The predicted molar refractivity (Wildman–Crippen MR) is 149 cm³/mol. The summed E-state index contributed by atoms with van der Waals surface area (Å²) in [5, 5.41) is 21.9. The number of hydrogen-bond acceptors (Lipinski definition) is 5. The number of aromatic hydroxyl groups is 1. The topological polar surface area (TPSA) is 120 Å². The molecule has 8 nitrogen and oxygen atoms in total. The summed E-state index contributed by atoms with van der Waals surface area (Å²) in [5.74, 6) is -0.841. The van der Waals surface area contributed by atoms with E-state index in [0.29, 0.717) is 32.4 Å². The fraction of sp³-hybridized carbons (Fsp3) is 0.500. The molecule has 5 N–H and O–H groups in total. The van der Waals surface area contributed by atoms with E-state index in [1.807, 2.05) is 32.9 Å². The monoisotopic (exact) mass is 522 g/mol. The van der Waals surface area contributed by atoms with Gasteiger partial charge in [-0.05, 0) is 73.4 Å². The van der Waals surface area contributed by atoms with E-state index in [-0.39, 0.29) is 29.4 Å². The minimum absolute atomic E-state index is 0.168. The summed E-state index contributed by atoms with van der Waals surface area (Å²) in [4.78, 5) is 39.8. The molecule has 8 heteroatoms. The molecule has 0 unspecified atom stereocenters. The van der Waals surface area contributed by atoms with Crippen LogP contribution in [0.5, 0.6) is 5.75 Å². The van der Waals surface area contributed by atoms with E-state index in [9.17, 15) is 19.5 Å². The van der Waals surface area contributed by atoms with Gasteiger partial charge in [0, 0.05) is 6.54 Å². The molecule has 0 aliphatic carbocycles. The van der Waals surface area contributed by atoms with Crippen LogP contribution in [0.15, 0.2) is 48.5 Å². The van der Waals surface area contributed by atoms with Crippen LogP contribution in [0, 0.1) is 5.92 Å². The Balaban J connectivity index is 1.86. The van der Waals surface area contributed by atoms with Crippen LogP contribution >= 0.6 is 0 Å². The molecule has 3 rings (SSSR count). The summed E-state index contributed by atoms with van der Waals surface area (Å²) in [5.41, 5.74) is 3.31. The molecule has 0 saturated carbocycles. The second-order valence-corrected chi connectivity index (χ2v) is 10.4. The summed E-state index contributed by atoms with van der Waals surface area (Å²) in [6, 6.07) is 13.0. The first-order chi connectivity index (χ1) is 18.3. The van der Waals surface area contributed by atoms with Gasteiger partial charge >= 0.3 is 0 Å². The Morgan fingerprint density at radius 1 is 0.842 bits per heavy atom. The van der Waals surface area contributed by atoms with Gasteiger partial charge < -0.3 is 26.4 Å². The van der Waals surface area contributed by atoms with Crippen molar-refractivity contribution in [1.82, 2.24) is 21.3 Å². The average molecular weight is 523 g/mol. The lowest BCUT2D eigenvalue weighted by molar-refractivity contribution is -0.133. The Labute approximate surface area is 226 Å². The molecule has 0 aromatic heterocycles. The van der Waals surface area contributed by atoms with Crippen LogP contribution < -0.4 is 21.3 Å². The zero-order chi connectivity index (χ0) is 27.5. The fourth-order valence-electron chi connectivity index (χ4n) is 4.78. The van der Waals surface area contributed by atoms with Crippen molar-refractivity contribution in [3.05, 3.63) is 65.2 Å². The first kappa shape index (κ1) is 29.2. The van der Waals surface area contributed by atoms with Gasteiger partial charge in [-0.2, -0.15) is 0 Å². The molecular weight excluding hydrogens is 480 g/mol. The Kier molecular flexibility index (Phi) is 11.1. The number of fused-ring (bicyclic) bond motifs is 1. The highest BCUT2D eigenvalue weighted by molar-refractivity contribution is 5.93. The van der Waals surface area contributed by atoms with E-state index in [4.69, 9.17) is 0 Å². The number of hydrogen-bond donors (Lipinski definition) is 5. The van der Waals surface area contributed by atoms with E-state index in [1.165, 1.54) is 11.1 Å². The third-order valence-electron chi connectivity index (χ3n) is 6.98. The predicted octanol–water partition coefficient (Wildman–Crippen LogP) is 2.62. The number of carbonyl (C=O) groups is 3. The molecular formula is C30H42N4O4. The van der Waals surface area contributed by atoms with Crippen LogP contribution in [0.1, 0.15) is 56.7 Å². The molecule has 1 aliphatic heterocycles. The Morgan fingerprint density at radius 2 is 1.53 bits per heavy atom. The smallest absolute Gasteiger partial charge is 0.243 e. The quantitative estimate of drug-likeness (QED) is 0.414. The first-order valence-corrected chi connectivity index (χ1v) is 13.7. The molecule has 3 amide bonds. The SMILES string of the molecule is CCC[C@@H]1NC(=O)[C@@H](C(C)C)NC(=O)[C@@H](Cc2ccc(O)cc2)NCCCc2ccccc2CCNC1=O. The highest BCUT2D eigenvalue weighted by Gasteiger charge is 2.30. The maximum absolute atomic E-state index is 13.5. The molecule has 0 spiro atoms. The van der Waals surface area contributed by atoms with Crippen LogP contribution in [0.25, 0.3) is 0 Å². The van der Waals surface area contributed by atoms with E-state index >= 15 is 0 Å². The average Bonchev–Trinajstić information content (AvgIpc) is 2.89. The number of nitrogens with one attached hydrogen (secondary N) is 4. The zero-order valence-corrected chi connectivity index (χ0v) is 22.8. The Morgan fingerprint density at radius 3 is 2.18 bits per heavy atom. The van der Waals surface area contributed by atoms with E-state index < -0.39 is 18.1 Å². The number of benzene rings is 2. The van der Waals surface area contributed by atoms with Gasteiger partial charge in [0.25, 0.3) is 0 Å². The van der Waals surface area contributed by atoms with E-state index in [2.05, 4.69) is 33.4 Å². The summed E-state index contributed by atoms with van der Waals surface area (Å²) in [6.07, 6.45) is 4.04. The van der Waals surface area contributed by atoms with Crippen LogP contribution in [-0.4, -0.2) is 54.0 Å². The number of carbonyl (C=O) groups excluding carboxylic acids is 3. The van der Waals surface area contributed by atoms with Crippen molar-refractivity contribution in [2.24, 2.45) is 5.92 Å². The van der Waals surface area contributed by atoms with Gasteiger partial charge in [0.05, 0.1) is 6.04 Å². The molecule has 0 radical (unpaired) electrons. The number of aryl methyl sites for hydroxylation is 1. The molecule has 1 aliphatic rings. The molecule has 0 bridgehead atoms. The largest absolute Gasteiger partial charge is 0.508 e. The number of phenolic OH excluding ortho intramolecular Hbond substituents is 1. The van der Waals surface area contributed by atoms with Crippen molar-refractivity contribution >= 4 is 17.7 Å². The number of rotatable bonds is 5. The summed E-state index contributed by atoms with van der Waals surface area (Å²) in [6.45, 7) is 6.84. The molecule has 38 heavy (non-hydrogen) atoms. The molecule has 3 atom stereocenters. The third-order valence-corrected chi connectivity index (χ3v) is 6.98. The number of amides is 3. The van der Waals surface area contributed by atoms with Crippen molar-refractivity contribution < 1.29 is 19.5 Å². The van der Waals surface area contributed by atoms with E-state index in [0.717, 1.165) is 24.8 Å². The lowest BCUT2D eigenvalue weighted by Gasteiger charge is -2.27. The van der Waals surface area contributed by atoms with Gasteiger partial charge in [-0.3, -0.25) is 14.4 Å². The van der Waals surface area contributed by atoms with Crippen LogP contribution in [0.3, 0.4) is 0 Å². The second-order valence-electron chi connectivity index (χ2n) is 10.4. The highest BCUT2D eigenvalue weighted by atomic mass is 16.3. The van der Waals surface area contributed by atoms with Crippen molar-refractivity contribution in [2.45, 2.75) is 77.4 Å². The fourth-order valence-corrected chi connectivity index (χ4v) is 4.78. The Hall–Kier alpha value is -3.39. The molecule has 2 aromatic carbocycles. The van der Waals surface area contributed by atoms with Gasteiger partial charge in [0.1, 0.15) is 17.8 Å². The summed E-state index contributed by atoms with van der Waals surface area (Å²) in [7, 11) is 0. The second kappa shape index (κ2) is 14.5. The molecule has 0 saturated heterocycles. The third kappa shape index (κ3) is 8.58. The van der Waals surface area contributed by atoms with E-state index in [1.54, 1.807) is 24.3 Å². The van der Waals surface area contributed by atoms with Gasteiger partial charge in [-0.1, -0.05) is 63.6 Å². The summed E-state index contributed by atoms with van der Waals surface area (Å²) < 4.78 is 0. The van der Waals surface area contributed by atoms with Gasteiger partial charge in [-0.15, -0.1) is 0 Å². The van der Waals surface area contributed by atoms with Crippen LogP contribution in [-0.2, 0) is 33.6 Å². The lowest BCUT2D eigenvalue weighted by Crippen LogP contribution is -2.58. The van der Waals surface area contributed by atoms with Crippen LogP contribution in [0.2, 0.25) is 0 Å². The maximum Gasteiger partial charge on any atom is 0.243 e.